The van der Waals surface area contributed by atoms with Crippen LogP contribution < -0.4 is 10.5 Å². The van der Waals surface area contributed by atoms with E-state index in [1.807, 2.05) is 12.1 Å². The maximum atomic E-state index is 5.94. The molecule has 3 heteroatoms. The standard InChI is InChI=1S/C18H21NO2/c19-12-14-3-5-15(6-4-14)16-7-9-17(10-8-16)21-18-2-1-11-20-13-18/h3-10,18H,1-2,11-13,19H2. The van der Waals surface area contributed by atoms with Crippen molar-refractivity contribution in [3.63, 3.8) is 0 Å². The van der Waals surface area contributed by atoms with Gasteiger partial charge in [0.05, 0.1) is 6.61 Å². The van der Waals surface area contributed by atoms with E-state index < -0.39 is 0 Å². The highest BCUT2D eigenvalue weighted by Crippen LogP contribution is 2.24. The van der Waals surface area contributed by atoms with Crippen molar-refractivity contribution >= 4 is 0 Å². The predicted octanol–water partition coefficient (Wildman–Crippen LogP) is 3.37. The molecule has 1 unspecified atom stereocenters. The van der Waals surface area contributed by atoms with Crippen LogP contribution in [0.5, 0.6) is 5.75 Å². The molecule has 2 N–H and O–H groups in total. The molecule has 21 heavy (non-hydrogen) atoms. The Balaban J connectivity index is 1.67. The van der Waals surface area contributed by atoms with Gasteiger partial charge in [-0.2, -0.15) is 0 Å². The van der Waals surface area contributed by atoms with Crippen LogP contribution in [0.2, 0.25) is 0 Å². The van der Waals surface area contributed by atoms with Crippen LogP contribution in [0.25, 0.3) is 11.1 Å². The van der Waals surface area contributed by atoms with Crippen molar-refractivity contribution in [3.05, 3.63) is 54.1 Å². The van der Waals surface area contributed by atoms with Gasteiger partial charge in [0.1, 0.15) is 11.9 Å². The summed E-state index contributed by atoms with van der Waals surface area (Å²) in [7, 11) is 0. The fourth-order valence-corrected chi connectivity index (χ4v) is 2.56. The second-order valence-electron chi connectivity index (χ2n) is 5.38. The van der Waals surface area contributed by atoms with Crippen LogP contribution in [-0.2, 0) is 11.3 Å². The molecule has 1 fully saturated rings. The summed E-state index contributed by atoms with van der Waals surface area (Å²) in [4.78, 5) is 0. The first kappa shape index (κ1) is 14.1. The first-order chi connectivity index (χ1) is 10.3. The molecule has 2 aromatic carbocycles. The molecule has 1 heterocycles. The molecule has 110 valence electrons. The van der Waals surface area contributed by atoms with E-state index in [1.54, 1.807) is 0 Å². The summed E-state index contributed by atoms with van der Waals surface area (Å²) >= 11 is 0. The highest BCUT2D eigenvalue weighted by atomic mass is 16.5. The molecule has 1 saturated heterocycles. The van der Waals surface area contributed by atoms with Gasteiger partial charge in [0.2, 0.25) is 0 Å². The van der Waals surface area contributed by atoms with Crippen molar-refractivity contribution in [1.82, 2.24) is 0 Å². The van der Waals surface area contributed by atoms with Crippen LogP contribution in [0.15, 0.2) is 48.5 Å². The van der Waals surface area contributed by atoms with Crippen molar-refractivity contribution in [2.75, 3.05) is 13.2 Å². The van der Waals surface area contributed by atoms with Gasteiger partial charge in [0, 0.05) is 13.2 Å². The van der Waals surface area contributed by atoms with Crippen molar-refractivity contribution in [2.45, 2.75) is 25.5 Å². The monoisotopic (exact) mass is 283 g/mol. The van der Waals surface area contributed by atoms with Crippen molar-refractivity contribution in [3.8, 4) is 16.9 Å². The lowest BCUT2D eigenvalue weighted by molar-refractivity contribution is 0.00744. The van der Waals surface area contributed by atoms with Gasteiger partial charge in [-0.3, -0.25) is 0 Å². The van der Waals surface area contributed by atoms with Gasteiger partial charge < -0.3 is 15.2 Å². The molecule has 0 aromatic heterocycles. The predicted molar refractivity (Wildman–Crippen MR) is 84.2 cm³/mol. The Morgan fingerprint density at radius 1 is 1.00 bits per heavy atom. The SMILES string of the molecule is NCc1ccc(-c2ccc(OC3CCCOC3)cc2)cc1. The molecule has 1 aliphatic rings. The van der Waals surface area contributed by atoms with Crippen LogP contribution in [0.1, 0.15) is 18.4 Å². The Morgan fingerprint density at radius 2 is 1.67 bits per heavy atom. The maximum Gasteiger partial charge on any atom is 0.122 e. The zero-order valence-electron chi connectivity index (χ0n) is 12.1. The van der Waals surface area contributed by atoms with Gasteiger partial charge in [0.15, 0.2) is 0 Å². The molecular formula is C18H21NO2. The van der Waals surface area contributed by atoms with Crippen LogP contribution in [0.3, 0.4) is 0 Å². The smallest absolute Gasteiger partial charge is 0.122 e. The van der Waals surface area contributed by atoms with Crippen molar-refractivity contribution < 1.29 is 9.47 Å². The number of ether oxygens (including phenoxy) is 2. The van der Waals surface area contributed by atoms with E-state index in [0.717, 1.165) is 30.8 Å². The Hall–Kier alpha value is -1.84. The normalized spacial score (nSPS) is 18.4. The molecule has 0 spiro atoms. The van der Waals surface area contributed by atoms with Crippen molar-refractivity contribution in [2.24, 2.45) is 5.73 Å². The third-order valence-electron chi connectivity index (χ3n) is 3.80. The average molecular weight is 283 g/mol. The number of nitrogens with two attached hydrogens (primary N) is 1. The minimum Gasteiger partial charge on any atom is -0.488 e. The largest absolute Gasteiger partial charge is 0.488 e. The third kappa shape index (κ3) is 3.63. The second-order valence-corrected chi connectivity index (χ2v) is 5.38. The van der Waals surface area contributed by atoms with Crippen molar-refractivity contribution in [1.29, 1.82) is 0 Å². The molecule has 0 saturated carbocycles. The maximum absolute atomic E-state index is 5.94. The summed E-state index contributed by atoms with van der Waals surface area (Å²) in [5, 5.41) is 0. The first-order valence-corrected chi connectivity index (χ1v) is 7.49. The van der Waals surface area contributed by atoms with Gasteiger partial charge in [-0.15, -0.1) is 0 Å². The topological polar surface area (TPSA) is 44.5 Å². The van der Waals surface area contributed by atoms with E-state index in [4.69, 9.17) is 15.2 Å². The second kappa shape index (κ2) is 6.74. The van der Waals surface area contributed by atoms with Gasteiger partial charge in [0.25, 0.3) is 0 Å². The molecule has 1 aliphatic heterocycles. The Kier molecular flexibility index (Phi) is 4.53. The van der Waals surface area contributed by atoms with Crippen LogP contribution in [0.4, 0.5) is 0 Å². The molecule has 3 nitrogen and oxygen atoms in total. The molecular weight excluding hydrogens is 262 g/mol. The fraction of sp³-hybridized carbons (Fsp3) is 0.333. The summed E-state index contributed by atoms with van der Waals surface area (Å²) in [5.41, 5.74) is 9.15. The minimum atomic E-state index is 0.188. The van der Waals surface area contributed by atoms with E-state index in [0.29, 0.717) is 13.2 Å². The van der Waals surface area contributed by atoms with E-state index in [2.05, 4.69) is 36.4 Å². The average Bonchev–Trinajstić information content (AvgIpc) is 2.57. The molecule has 0 bridgehead atoms. The minimum absolute atomic E-state index is 0.188. The quantitative estimate of drug-likeness (QED) is 0.935. The molecule has 1 atom stereocenters. The summed E-state index contributed by atoms with van der Waals surface area (Å²) in [5.74, 6) is 0.910. The van der Waals surface area contributed by atoms with E-state index in [1.165, 1.54) is 11.1 Å². The van der Waals surface area contributed by atoms with Gasteiger partial charge >= 0.3 is 0 Å². The fourth-order valence-electron chi connectivity index (χ4n) is 2.56. The van der Waals surface area contributed by atoms with E-state index in [9.17, 15) is 0 Å². The summed E-state index contributed by atoms with van der Waals surface area (Å²) in [6.07, 6.45) is 2.34. The summed E-state index contributed by atoms with van der Waals surface area (Å²) in [6.45, 7) is 2.14. The molecule has 2 aromatic rings. The number of rotatable bonds is 4. The van der Waals surface area contributed by atoms with Crippen LogP contribution in [-0.4, -0.2) is 19.3 Å². The van der Waals surface area contributed by atoms with Gasteiger partial charge in [-0.25, -0.2) is 0 Å². The Bertz CT molecular complexity index is 557. The molecule has 3 rings (SSSR count). The lowest BCUT2D eigenvalue weighted by Crippen LogP contribution is -2.27. The molecule has 0 aliphatic carbocycles. The van der Waals surface area contributed by atoms with E-state index >= 15 is 0 Å². The summed E-state index contributed by atoms with van der Waals surface area (Å²) < 4.78 is 11.4. The zero-order valence-corrected chi connectivity index (χ0v) is 12.1. The van der Waals surface area contributed by atoms with Gasteiger partial charge in [-0.05, 0) is 41.7 Å². The molecule has 0 amide bonds. The highest BCUT2D eigenvalue weighted by Gasteiger charge is 2.15. The number of hydrogen-bond donors (Lipinski definition) is 1. The third-order valence-corrected chi connectivity index (χ3v) is 3.80. The first-order valence-electron chi connectivity index (χ1n) is 7.49. The van der Waals surface area contributed by atoms with E-state index in [-0.39, 0.29) is 6.10 Å². The Morgan fingerprint density at radius 3 is 2.24 bits per heavy atom. The molecule has 0 radical (unpaired) electrons. The lowest BCUT2D eigenvalue weighted by Gasteiger charge is -2.23. The number of benzene rings is 2. The van der Waals surface area contributed by atoms with Crippen LogP contribution >= 0.6 is 0 Å². The Labute approximate surface area is 125 Å². The lowest BCUT2D eigenvalue weighted by atomic mass is 10.0. The highest BCUT2D eigenvalue weighted by molar-refractivity contribution is 5.64. The van der Waals surface area contributed by atoms with Gasteiger partial charge in [-0.1, -0.05) is 36.4 Å². The van der Waals surface area contributed by atoms with Crippen LogP contribution in [0, 0.1) is 0 Å². The summed E-state index contributed by atoms with van der Waals surface area (Å²) in [6, 6.07) is 16.6. The zero-order chi connectivity index (χ0) is 14.5. The number of hydrogen-bond acceptors (Lipinski definition) is 3.